The van der Waals surface area contributed by atoms with Crippen LogP contribution in [0.3, 0.4) is 0 Å². The number of ether oxygens (including phenoxy) is 1. The minimum atomic E-state index is 0.0311. The van der Waals surface area contributed by atoms with Gasteiger partial charge in [0.15, 0.2) is 11.5 Å². The van der Waals surface area contributed by atoms with Gasteiger partial charge in [-0.1, -0.05) is 24.3 Å². The van der Waals surface area contributed by atoms with Crippen molar-refractivity contribution in [2.24, 2.45) is 0 Å². The van der Waals surface area contributed by atoms with Crippen molar-refractivity contribution in [3.8, 4) is 11.5 Å². The number of aryl methyl sites for hydroxylation is 1. The van der Waals surface area contributed by atoms with Crippen LogP contribution in [0.25, 0.3) is 0 Å². The molecule has 0 aliphatic rings. The molecule has 5 heteroatoms. The summed E-state index contributed by atoms with van der Waals surface area (Å²) >= 11 is 0. The maximum atomic E-state index is 12.2. The van der Waals surface area contributed by atoms with Gasteiger partial charge in [0.25, 0.3) is 0 Å². The van der Waals surface area contributed by atoms with Gasteiger partial charge in [-0.15, -0.1) is 0 Å². The molecule has 0 fully saturated rings. The number of hydrogen-bond donors (Lipinski definition) is 2. The number of aromatic hydroxyl groups is 1. The van der Waals surface area contributed by atoms with E-state index in [1.807, 2.05) is 30.3 Å². The van der Waals surface area contributed by atoms with Gasteiger partial charge in [0, 0.05) is 25.7 Å². The molecule has 122 valence electrons. The Morgan fingerprint density at radius 2 is 2.00 bits per heavy atom. The minimum absolute atomic E-state index is 0.0311. The van der Waals surface area contributed by atoms with Crippen LogP contribution in [0.5, 0.6) is 11.5 Å². The molecule has 2 aromatic carbocycles. The fourth-order valence-corrected chi connectivity index (χ4v) is 2.39. The molecule has 0 unspecified atom stereocenters. The topological polar surface area (TPSA) is 75.8 Å². The van der Waals surface area contributed by atoms with E-state index in [4.69, 9.17) is 10.5 Å². The van der Waals surface area contributed by atoms with Gasteiger partial charge in [0.05, 0.1) is 7.11 Å². The molecule has 0 atom stereocenters. The van der Waals surface area contributed by atoms with Gasteiger partial charge in [-0.25, -0.2) is 0 Å². The molecule has 0 saturated heterocycles. The Kier molecular flexibility index (Phi) is 5.46. The second kappa shape index (κ2) is 7.54. The van der Waals surface area contributed by atoms with E-state index in [1.54, 1.807) is 24.1 Å². The number of para-hydroxylation sites is 1. The summed E-state index contributed by atoms with van der Waals surface area (Å²) in [5.41, 5.74) is 8.43. The molecule has 2 rings (SSSR count). The van der Waals surface area contributed by atoms with E-state index in [-0.39, 0.29) is 11.7 Å². The summed E-state index contributed by atoms with van der Waals surface area (Å²) in [7, 11) is 3.25. The van der Waals surface area contributed by atoms with Crippen LogP contribution in [-0.2, 0) is 17.8 Å². The highest BCUT2D eigenvalue weighted by Crippen LogP contribution is 2.26. The third kappa shape index (κ3) is 4.39. The fraction of sp³-hybridized carbons (Fsp3) is 0.278. The first-order valence-corrected chi connectivity index (χ1v) is 7.44. The fourth-order valence-electron chi connectivity index (χ4n) is 2.39. The molecule has 23 heavy (non-hydrogen) atoms. The van der Waals surface area contributed by atoms with Gasteiger partial charge in [-0.05, 0) is 35.7 Å². The van der Waals surface area contributed by atoms with Crippen LogP contribution in [0.4, 0.5) is 5.69 Å². The maximum Gasteiger partial charge on any atom is 0.222 e. The van der Waals surface area contributed by atoms with Crippen molar-refractivity contribution in [1.29, 1.82) is 0 Å². The second-order valence-electron chi connectivity index (χ2n) is 5.45. The van der Waals surface area contributed by atoms with Crippen LogP contribution in [-0.4, -0.2) is 30.1 Å². The standard InChI is InChI=1S/C18H22N2O3/c1-20(12-13-7-9-17(23-2)16(21)11-13)18(22)10-8-14-5-3-4-6-15(14)19/h3-7,9,11,21H,8,10,12,19H2,1-2H3. The number of amides is 1. The summed E-state index contributed by atoms with van der Waals surface area (Å²) in [5.74, 6) is 0.522. The Hall–Kier alpha value is -2.69. The number of benzene rings is 2. The summed E-state index contributed by atoms with van der Waals surface area (Å²) in [6.45, 7) is 0.431. The van der Waals surface area contributed by atoms with E-state index in [1.165, 1.54) is 7.11 Å². The monoisotopic (exact) mass is 314 g/mol. The lowest BCUT2D eigenvalue weighted by Crippen LogP contribution is -2.26. The highest BCUT2D eigenvalue weighted by atomic mass is 16.5. The number of nitrogens with zero attached hydrogens (tertiary/aromatic N) is 1. The molecule has 0 saturated carbocycles. The average Bonchev–Trinajstić information content (AvgIpc) is 2.54. The number of rotatable bonds is 6. The van der Waals surface area contributed by atoms with Gasteiger partial charge in [0.1, 0.15) is 0 Å². The SMILES string of the molecule is COc1ccc(CN(C)C(=O)CCc2ccccc2N)cc1O. The average molecular weight is 314 g/mol. The summed E-state index contributed by atoms with van der Waals surface area (Å²) < 4.78 is 5.01. The molecule has 0 radical (unpaired) electrons. The molecule has 0 aliphatic carbocycles. The zero-order chi connectivity index (χ0) is 16.8. The maximum absolute atomic E-state index is 12.2. The van der Waals surface area contributed by atoms with Crippen molar-refractivity contribution in [2.75, 3.05) is 19.9 Å². The van der Waals surface area contributed by atoms with Gasteiger partial charge >= 0.3 is 0 Å². The van der Waals surface area contributed by atoms with Crippen molar-refractivity contribution in [2.45, 2.75) is 19.4 Å². The first-order valence-electron chi connectivity index (χ1n) is 7.44. The predicted octanol–water partition coefficient (Wildman–Crippen LogP) is 2.57. The number of phenols is 1. The molecule has 0 aromatic heterocycles. The van der Waals surface area contributed by atoms with Crippen LogP contribution in [0, 0.1) is 0 Å². The molecule has 2 aromatic rings. The van der Waals surface area contributed by atoms with Crippen LogP contribution < -0.4 is 10.5 Å². The number of methoxy groups -OCH3 is 1. The van der Waals surface area contributed by atoms with Crippen LogP contribution in [0.1, 0.15) is 17.5 Å². The Morgan fingerprint density at radius 3 is 2.65 bits per heavy atom. The minimum Gasteiger partial charge on any atom is -0.504 e. The zero-order valence-corrected chi connectivity index (χ0v) is 13.5. The van der Waals surface area contributed by atoms with E-state index in [9.17, 15) is 9.90 Å². The van der Waals surface area contributed by atoms with Crippen molar-refractivity contribution in [3.05, 3.63) is 53.6 Å². The van der Waals surface area contributed by atoms with Gasteiger partial charge in [-0.3, -0.25) is 4.79 Å². The first-order chi connectivity index (χ1) is 11.0. The van der Waals surface area contributed by atoms with Crippen molar-refractivity contribution in [3.63, 3.8) is 0 Å². The Bertz CT molecular complexity index is 686. The van der Waals surface area contributed by atoms with E-state index < -0.39 is 0 Å². The molecule has 3 N–H and O–H groups in total. The lowest BCUT2D eigenvalue weighted by Gasteiger charge is -2.18. The highest BCUT2D eigenvalue weighted by molar-refractivity contribution is 5.76. The molecule has 0 bridgehead atoms. The highest BCUT2D eigenvalue weighted by Gasteiger charge is 2.11. The molecule has 1 amide bonds. The first kappa shape index (κ1) is 16.7. The smallest absolute Gasteiger partial charge is 0.222 e. The van der Waals surface area contributed by atoms with E-state index >= 15 is 0 Å². The molecular formula is C18H22N2O3. The Balaban J connectivity index is 1.92. The third-order valence-corrected chi connectivity index (χ3v) is 3.75. The molecular weight excluding hydrogens is 292 g/mol. The summed E-state index contributed by atoms with van der Waals surface area (Å²) in [4.78, 5) is 13.9. The zero-order valence-electron chi connectivity index (χ0n) is 13.5. The summed E-state index contributed by atoms with van der Waals surface area (Å²) in [6, 6.07) is 12.7. The Labute approximate surface area is 136 Å². The number of nitrogen functional groups attached to an aromatic ring is 1. The summed E-state index contributed by atoms with van der Waals surface area (Å²) in [6.07, 6.45) is 1.01. The van der Waals surface area contributed by atoms with Crippen LogP contribution in [0.2, 0.25) is 0 Å². The number of anilines is 1. The Morgan fingerprint density at radius 1 is 1.26 bits per heavy atom. The normalized spacial score (nSPS) is 10.3. The van der Waals surface area contributed by atoms with E-state index in [2.05, 4.69) is 0 Å². The number of hydrogen-bond acceptors (Lipinski definition) is 4. The summed E-state index contributed by atoms with van der Waals surface area (Å²) in [5, 5.41) is 9.78. The second-order valence-corrected chi connectivity index (χ2v) is 5.45. The van der Waals surface area contributed by atoms with Crippen molar-refractivity contribution < 1.29 is 14.6 Å². The lowest BCUT2D eigenvalue weighted by molar-refractivity contribution is -0.130. The van der Waals surface area contributed by atoms with Crippen LogP contribution in [0.15, 0.2) is 42.5 Å². The predicted molar refractivity (Wildman–Crippen MR) is 90.3 cm³/mol. The molecule has 0 spiro atoms. The number of phenolic OH excluding ortho intramolecular Hbond substituents is 1. The van der Waals surface area contributed by atoms with Crippen molar-refractivity contribution >= 4 is 11.6 Å². The van der Waals surface area contributed by atoms with Crippen molar-refractivity contribution in [1.82, 2.24) is 4.90 Å². The van der Waals surface area contributed by atoms with Gasteiger partial charge < -0.3 is 20.5 Å². The quantitative estimate of drug-likeness (QED) is 0.804. The van der Waals surface area contributed by atoms with E-state index in [0.29, 0.717) is 30.8 Å². The van der Waals surface area contributed by atoms with Gasteiger partial charge in [0.2, 0.25) is 5.91 Å². The number of carbonyl (C=O) groups excluding carboxylic acids is 1. The largest absolute Gasteiger partial charge is 0.504 e. The molecule has 5 nitrogen and oxygen atoms in total. The number of nitrogens with two attached hydrogens (primary N) is 1. The number of carbonyl (C=O) groups is 1. The molecule has 0 heterocycles. The molecule has 0 aliphatic heterocycles. The lowest BCUT2D eigenvalue weighted by atomic mass is 10.1. The van der Waals surface area contributed by atoms with Gasteiger partial charge in [-0.2, -0.15) is 0 Å². The third-order valence-electron chi connectivity index (χ3n) is 3.75. The van der Waals surface area contributed by atoms with E-state index in [0.717, 1.165) is 11.1 Å². The van der Waals surface area contributed by atoms with Crippen LogP contribution >= 0.6 is 0 Å².